The van der Waals surface area contributed by atoms with Crippen molar-refractivity contribution in [2.45, 2.75) is 24.9 Å². The van der Waals surface area contributed by atoms with Gasteiger partial charge in [0.2, 0.25) is 0 Å². The SMILES string of the molecule is O=C(CC1Cc2ccccc21)C1COc2ccccc2O1. The van der Waals surface area contributed by atoms with Gasteiger partial charge >= 0.3 is 0 Å². The predicted molar refractivity (Wildman–Crippen MR) is 78.9 cm³/mol. The molecule has 3 nitrogen and oxygen atoms in total. The molecule has 3 heteroatoms. The van der Waals surface area contributed by atoms with E-state index in [2.05, 4.69) is 12.1 Å². The number of rotatable bonds is 3. The van der Waals surface area contributed by atoms with Gasteiger partial charge in [0.15, 0.2) is 23.4 Å². The van der Waals surface area contributed by atoms with Crippen LogP contribution in [0.15, 0.2) is 48.5 Å². The van der Waals surface area contributed by atoms with Crippen molar-refractivity contribution in [1.82, 2.24) is 0 Å². The molecule has 1 aliphatic heterocycles. The molecule has 4 rings (SSSR count). The van der Waals surface area contributed by atoms with Crippen molar-refractivity contribution in [2.75, 3.05) is 6.61 Å². The van der Waals surface area contributed by atoms with E-state index in [0.717, 1.165) is 12.2 Å². The van der Waals surface area contributed by atoms with E-state index in [1.807, 2.05) is 36.4 Å². The molecule has 0 aromatic heterocycles. The Hall–Kier alpha value is -2.29. The molecule has 0 spiro atoms. The molecule has 1 heterocycles. The van der Waals surface area contributed by atoms with Crippen molar-refractivity contribution in [3.05, 3.63) is 59.7 Å². The summed E-state index contributed by atoms with van der Waals surface area (Å²) in [5, 5.41) is 0. The minimum absolute atomic E-state index is 0.129. The van der Waals surface area contributed by atoms with Crippen LogP contribution in [0.25, 0.3) is 0 Å². The van der Waals surface area contributed by atoms with Crippen LogP contribution in [0.1, 0.15) is 23.5 Å². The predicted octanol–water partition coefficient (Wildman–Crippen LogP) is 3.13. The summed E-state index contributed by atoms with van der Waals surface area (Å²) < 4.78 is 11.4. The van der Waals surface area contributed by atoms with Crippen molar-refractivity contribution in [3.63, 3.8) is 0 Å². The lowest BCUT2D eigenvalue weighted by atomic mass is 9.74. The summed E-state index contributed by atoms with van der Waals surface area (Å²) >= 11 is 0. The van der Waals surface area contributed by atoms with Crippen LogP contribution < -0.4 is 9.47 Å². The minimum atomic E-state index is -0.479. The van der Waals surface area contributed by atoms with Crippen LogP contribution in [0.2, 0.25) is 0 Å². The smallest absolute Gasteiger partial charge is 0.190 e. The number of hydrogen-bond donors (Lipinski definition) is 0. The maximum atomic E-state index is 12.4. The first kappa shape index (κ1) is 12.5. The zero-order valence-electron chi connectivity index (χ0n) is 11.6. The van der Waals surface area contributed by atoms with Gasteiger partial charge in [-0.1, -0.05) is 36.4 Å². The summed E-state index contributed by atoms with van der Waals surface area (Å²) in [5.74, 6) is 1.85. The molecular weight excluding hydrogens is 264 g/mol. The monoisotopic (exact) mass is 280 g/mol. The Kier molecular flexibility index (Phi) is 2.92. The lowest BCUT2D eigenvalue weighted by Gasteiger charge is -2.31. The molecule has 2 aromatic rings. The van der Waals surface area contributed by atoms with Crippen LogP contribution in [-0.4, -0.2) is 18.5 Å². The molecule has 0 fully saturated rings. The summed E-state index contributed by atoms with van der Waals surface area (Å²) in [5.41, 5.74) is 2.67. The van der Waals surface area contributed by atoms with E-state index in [4.69, 9.17) is 9.47 Å². The van der Waals surface area contributed by atoms with Crippen LogP contribution in [0.4, 0.5) is 0 Å². The molecule has 106 valence electrons. The van der Waals surface area contributed by atoms with Gasteiger partial charge in [-0.05, 0) is 35.6 Å². The lowest BCUT2D eigenvalue weighted by Crippen LogP contribution is -2.38. The average Bonchev–Trinajstić information content (AvgIpc) is 2.52. The van der Waals surface area contributed by atoms with Crippen molar-refractivity contribution < 1.29 is 14.3 Å². The van der Waals surface area contributed by atoms with Gasteiger partial charge in [-0.3, -0.25) is 4.79 Å². The minimum Gasteiger partial charge on any atom is -0.485 e. The number of carbonyl (C=O) groups excluding carboxylic acids is 1. The molecule has 0 N–H and O–H groups in total. The highest BCUT2D eigenvalue weighted by atomic mass is 16.6. The largest absolute Gasteiger partial charge is 0.485 e. The summed E-state index contributed by atoms with van der Waals surface area (Å²) in [4.78, 5) is 12.4. The summed E-state index contributed by atoms with van der Waals surface area (Å²) in [6, 6.07) is 15.8. The number of ether oxygens (including phenoxy) is 2. The third kappa shape index (κ3) is 2.19. The second-order valence-corrected chi connectivity index (χ2v) is 5.63. The molecule has 1 aliphatic carbocycles. The second-order valence-electron chi connectivity index (χ2n) is 5.63. The molecule has 0 radical (unpaired) electrons. The zero-order chi connectivity index (χ0) is 14.2. The van der Waals surface area contributed by atoms with Crippen LogP contribution in [-0.2, 0) is 11.2 Å². The quantitative estimate of drug-likeness (QED) is 0.866. The topological polar surface area (TPSA) is 35.5 Å². The molecular formula is C18H16O3. The third-order valence-corrected chi connectivity index (χ3v) is 4.28. The molecule has 0 bridgehead atoms. The fraction of sp³-hybridized carbons (Fsp3) is 0.278. The van der Waals surface area contributed by atoms with E-state index in [-0.39, 0.29) is 5.78 Å². The zero-order valence-corrected chi connectivity index (χ0v) is 11.6. The Morgan fingerprint density at radius 3 is 2.67 bits per heavy atom. The molecule has 0 amide bonds. The second kappa shape index (κ2) is 4.92. The van der Waals surface area contributed by atoms with Crippen molar-refractivity contribution in [3.8, 4) is 11.5 Å². The lowest BCUT2D eigenvalue weighted by molar-refractivity contribution is -0.128. The Labute approximate surface area is 123 Å². The van der Waals surface area contributed by atoms with Gasteiger partial charge in [0.05, 0.1) is 0 Å². The Balaban J connectivity index is 1.43. The van der Waals surface area contributed by atoms with Crippen LogP contribution in [0, 0.1) is 0 Å². The summed E-state index contributed by atoms with van der Waals surface area (Å²) in [6.07, 6.45) is 1.05. The number of fused-ring (bicyclic) bond motifs is 2. The molecule has 2 unspecified atom stereocenters. The van der Waals surface area contributed by atoms with Crippen LogP contribution >= 0.6 is 0 Å². The van der Waals surface area contributed by atoms with E-state index in [9.17, 15) is 4.79 Å². The molecule has 2 atom stereocenters. The number of Topliss-reactive ketones (excluding diaryl/α,β-unsaturated/α-hetero) is 1. The number of benzene rings is 2. The van der Waals surface area contributed by atoms with Crippen molar-refractivity contribution >= 4 is 5.78 Å². The van der Waals surface area contributed by atoms with Crippen molar-refractivity contribution in [1.29, 1.82) is 0 Å². The van der Waals surface area contributed by atoms with E-state index >= 15 is 0 Å². The van der Waals surface area contributed by atoms with E-state index in [0.29, 0.717) is 24.7 Å². The number of hydrogen-bond acceptors (Lipinski definition) is 3. The summed E-state index contributed by atoms with van der Waals surface area (Å²) in [7, 11) is 0. The average molecular weight is 280 g/mol. The standard InChI is InChI=1S/C18H16O3/c19-15(10-13-9-12-5-1-2-6-14(12)13)18-11-20-16-7-3-4-8-17(16)21-18/h1-8,13,18H,9-11H2. The number of ketones is 1. The normalized spacial score (nSPS) is 22.1. The highest BCUT2D eigenvalue weighted by Gasteiger charge is 2.33. The molecule has 2 aromatic carbocycles. The van der Waals surface area contributed by atoms with Gasteiger partial charge in [0.1, 0.15) is 6.61 Å². The van der Waals surface area contributed by atoms with Gasteiger partial charge in [-0.25, -0.2) is 0 Å². The Morgan fingerprint density at radius 1 is 1.05 bits per heavy atom. The van der Waals surface area contributed by atoms with Gasteiger partial charge < -0.3 is 9.47 Å². The number of para-hydroxylation sites is 2. The van der Waals surface area contributed by atoms with Gasteiger partial charge in [-0.2, -0.15) is 0 Å². The third-order valence-electron chi connectivity index (χ3n) is 4.28. The van der Waals surface area contributed by atoms with Gasteiger partial charge in [0, 0.05) is 6.42 Å². The Morgan fingerprint density at radius 2 is 1.81 bits per heavy atom. The fourth-order valence-corrected chi connectivity index (χ4v) is 3.10. The van der Waals surface area contributed by atoms with Gasteiger partial charge in [0.25, 0.3) is 0 Å². The molecule has 0 saturated heterocycles. The highest BCUT2D eigenvalue weighted by Crippen LogP contribution is 2.38. The number of carbonyl (C=O) groups is 1. The first-order chi connectivity index (χ1) is 10.3. The maximum Gasteiger partial charge on any atom is 0.190 e. The summed E-state index contributed by atoms with van der Waals surface area (Å²) in [6.45, 7) is 0.310. The fourth-order valence-electron chi connectivity index (χ4n) is 3.10. The van der Waals surface area contributed by atoms with E-state index < -0.39 is 6.10 Å². The first-order valence-corrected chi connectivity index (χ1v) is 7.30. The van der Waals surface area contributed by atoms with E-state index in [1.54, 1.807) is 0 Å². The van der Waals surface area contributed by atoms with Crippen LogP contribution in [0.3, 0.4) is 0 Å². The maximum absolute atomic E-state index is 12.4. The molecule has 2 aliphatic rings. The first-order valence-electron chi connectivity index (χ1n) is 7.30. The molecule has 0 saturated carbocycles. The van der Waals surface area contributed by atoms with E-state index in [1.165, 1.54) is 11.1 Å². The molecule has 21 heavy (non-hydrogen) atoms. The van der Waals surface area contributed by atoms with Crippen molar-refractivity contribution in [2.24, 2.45) is 0 Å². The van der Waals surface area contributed by atoms with Gasteiger partial charge in [-0.15, -0.1) is 0 Å². The highest BCUT2D eigenvalue weighted by molar-refractivity contribution is 5.85. The van der Waals surface area contributed by atoms with Crippen LogP contribution in [0.5, 0.6) is 11.5 Å². The Bertz CT molecular complexity index is 692.